The Hall–Kier alpha value is -4.01. The number of alkyl halides is 3. The summed E-state index contributed by atoms with van der Waals surface area (Å²) in [5.41, 5.74) is 0.539. The van der Waals surface area contributed by atoms with E-state index in [4.69, 9.17) is 4.74 Å². The van der Waals surface area contributed by atoms with Crippen LogP contribution < -0.4 is 20.7 Å². The van der Waals surface area contributed by atoms with Crippen LogP contribution in [0.2, 0.25) is 0 Å². The minimum absolute atomic E-state index is 0.0318. The molecule has 3 aromatic carbocycles. The summed E-state index contributed by atoms with van der Waals surface area (Å²) in [6, 6.07) is 17.8. The second-order valence-electron chi connectivity index (χ2n) is 7.74. The number of rotatable bonds is 10. The number of amides is 2. The Kier molecular flexibility index (Phi) is 8.72. The average molecular weight is 486 g/mol. The molecular weight excluding hydrogens is 459 g/mol. The fourth-order valence-electron chi connectivity index (χ4n) is 3.10. The summed E-state index contributed by atoms with van der Waals surface area (Å²) in [6.45, 7) is 2.68. The fourth-order valence-corrected chi connectivity index (χ4v) is 3.10. The quantitative estimate of drug-likeness (QED) is 0.299. The molecule has 3 N–H and O–H groups in total. The maximum absolute atomic E-state index is 12.9. The smallest absolute Gasteiger partial charge is 0.416 e. The molecule has 6 nitrogen and oxygen atoms in total. The molecule has 0 aliphatic heterocycles. The molecule has 0 aliphatic carbocycles. The molecule has 35 heavy (non-hydrogen) atoms. The van der Waals surface area contributed by atoms with Crippen LogP contribution in [-0.4, -0.2) is 25.0 Å². The number of unbranched alkanes of at least 4 members (excludes halogenated alkanes) is 1. The zero-order chi connectivity index (χ0) is 25.3. The van der Waals surface area contributed by atoms with Gasteiger partial charge in [-0.1, -0.05) is 25.5 Å². The first-order chi connectivity index (χ1) is 16.7. The van der Waals surface area contributed by atoms with Crippen LogP contribution in [0.1, 0.15) is 35.7 Å². The number of carbonyl (C=O) groups is 2. The van der Waals surface area contributed by atoms with Crippen molar-refractivity contribution in [2.75, 3.05) is 29.1 Å². The molecule has 9 heteroatoms. The van der Waals surface area contributed by atoms with Crippen molar-refractivity contribution >= 4 is 28.9 Å². The summed E-state index contributed by atoms with van der Waals surface area (Å²) in [5.74, 6) is -0.128. The van der Waals surface area contributed by atoms with E-state index in [1.165, 1.54) is 24.3 Å². The molecule has 0 spiro atoms. The predicted molar refractivity (Wildman–Crippen MR) is 130 cm³/mol. The van der Waals surface area contributed by atoms with E-state index in [9.17, 15) is 22.8 Å². The number of ether oxygens (including phenoxy) is 1. The first kappa shape index (κ1) is 25.6. The molecule has 0 saturated carbocycles. The van der Waals surface area contributed by atoms with E-state index in [0.29, 0.717) is 18.0 Å². The van der Waals surface area contributed by atoms with Gasteiger partial charge in [0.25, 0.3) is 5.91 Å². The van der Waals surface area contributed by atoms with Gasteiger partial charge in [-0.25, -0.2) is 0 Å². The Labute approximate surface area is 201 Å². The Morgan fingerprint density at radius 1 is 0.857 bits per heavy atom. The predicted octanol–water partition coefficient (Wildman–Crippen LogP) is 6.19. The van der Waals surface area contributed by atoms with Crippen molar-refractivity contribution in [2.45, 2.75) is 25.9 Å². The lowest BCUT2D eigenvalue weighted by molar-refractivity contribution is -0.137. The van der Waals surface area contributed by atoms with Crippen LogP contribution in [0.5, 0.6) is 5.75 Å². The Morgan fingerprint density at radius 3 is 2.29 bits per heavy atom. The summed E-state index contributed by atoms with van der Waals surface area (Å²) < 4.78 is 44.2. The van der Waals surface area contributed by atoms with Crippen LogP contribution in [0.25, 0.3) is 0 Å². The van der Waals surface area contributed by atoms with E-state index < -0.39 is 17.6 Å². The minimum Gasteiger partial charge on any atom is -0.494 e. The van der Waals surface area contributed by atoms with E-state index in [2.05, 4.69) is 22.9 Å². The fraction of sp³-hybridized carbons (Fsp3) is 0.231. The van der Waals surface area contributed by atoms with Gasteiger partial charge in [0, 0.05) is 22.6 Å². The van der Waals surface area contributed by atoms with Gasteiger partial charge in [-0.15, -0.1) is 0 Å². The highest BCUT2D eigenvalue weighted by atomic mass is 19.4. The summed E-state index contributed by atoms with van der Waals surface area (Å²) in [7, 11) is 0. The van der Waals surface area contributed by atoms with Crippen LogP contribution in [-0.2, 0) is 11.0 Å². The van der Waals surface area contributed by atoms with Crippen LogP contribution in [0, 0.1) is 0 Å². The number of carbonyl (C=O) groups excluding carboxylic acids is 2. The molecule has 0 saturated heterocycles. The maximum atomic E-state index is 12.9. The van der Waals surface area contributed by atoms with E-state index in [0.717, 1.165) is 30.7 Å². The van der Waals surface area contributed by atoms with Gasteiger partial charge in [-0.3, -0.25) is 9.59 Å². The largest absolute Gasteiger partial charge is 0.494 e. The number of nitrogens with one attached hydrogen (secondary N) is 3. The Morgan fingerprint density at radius 2 is 1.57 bits per heavy atom. The third-order valence-electron chi connectivity index (χ3n) is 4.93. The topological polar surface area (TPSA) is 79.5 Å². The molecule has 0 fully saturated rings. The van der Waals surface area contributed by atoms with E-state index in [1.54, 1.807) is 36.4 Å². The molecule has 0 unspecified atom stereocenters. The van der Waals surface area contributed by atoms with Crippen LogP contribution in [0.15, 0.2) is 72.8 Å². The monoisotopic (exact) mass is 485 g/mol. The highest BCUT2D eigenvalue weighted by Gasteiger charge is 2.30. The van der Waals surface area contributed by atoms with Crippen molar-refractivity contribution in [1.82, 2.24) is 0 Å². The van der Waals surface area contributed by atoms with E-state index in [-0.39, 0.29) is 23.7 Å². The first-order valence-electron chi connectivity index (χ1n) is 11.1. The lowest BCUT2D eigenvalue weighted by Gasteiger charge is -2.11. The highest BCUT2D eigenvalue weighted by Crippen LogP contribution is 2.30. The lowest BCUT2D eigenvalue weighted by atomic mass is 10.1. The van der Waals surface area contributed by atoms with Gasteiger partial charge in [0.1, 0.15) is 5.75 Å². The molecule has 3 rings (SSSR count). The third kappa shape index (κ3) is 8.06. The number of halogens is 3. The van der Waals surface area contributed by atoms with Crippen LogP contribution in [0.3, 0.4) is 0 Å². The van der Waals surface area contributed by atoms with Crippen LogP contribution >= 0.6 is 0 Å². The molecular formula is C26H26F3N3O3. The summed E-state index contributed by atoms with van der Waals surface area (Å²) in [4.78, 5) is 24.8. The molecule has 0 heterocycles. The molecule has 184 valence electrons. The molecule has 0 atom stereocenters. The zero-order valence-corrected chi connectivity index (χ0v) is 19.1. The van der Waals surface area contributed by atoms with Crippen molar-refractivity contribution in [3.05, 3.63) is 83.9 Å². The molecule has 0 aliphatic rings. The van der Waals surface area contributed by atoms with Gasteiger partial charge < -0.3 is 20.7 Å². The number of benzene rings is 3. The first-order valence-corrected chi connectivity index (χ1v) is 11.1. The average Bonchev–Trinajstić information content (AvgIpc) is 2.84. The molecule has 0 radical (unpaired) electrons. The van der Waals surface area contributed by atoms with E-state index >= 15 is 0 Å². The van der Waals surface area contributed by atoms with Crippen molar-refractivity contribution in [1.29, 1.82) is 0 Å². The lowest BCUT2D eigenvalue weighted by Crippen LogP contribution is -2.22. The zero-order valence-electron chi connectivity index (χ0n) is 19.1. The number of hydrogen-bond donors (Lipinski definition) is 3. The second kappa shape index (κ2) is 11.9. The summed E-state index contributed by atoms with van der Waals surface area (Å²) in [5, 5.41) is 8.16. The summed E-state index contributed by atoms with van der Waals surface area (Å²) in [6.07, 6.45) is -2.49. The van der Waals surface area contributed by atoms with Gasteiger partial charge in [-0.2, -0.15) is 13.2 Å². The van der Waals surface area contributed by atoms with E-state index in [1.807, 2.05) is 0 Å². The number of hydrogen-bond acceptors (Lipinski definition) is 4. The highest BCUT2D eigenvalue weighted by molar-refractivity contribution is 6.05. The molecule has 3 aromatic rings. The van der Waals surface area contributed by atoms with Crippen molar-refractivity contribution < 1.29 is 27.5 Å². The van der Waals surface area contributed by atoms with Crippen LogP contribution in [0.4, 0.5) is 30.2 Å². The normalized spacial score (nSPS) is 11.0. The van der Waals surface area contributed by atoms with Crippen molar-refractivity contribution in [2.24, 2.45) is 0 Å². The number of anilines is 3. The van der Waals surface area contributed by atoms with Crippen molar-refractivity contribution in [3.8, 4) is 5.75 Å². The molecule has 0 bridgehead atoms. The molecule has 0 aromatic heterocycles. The van der Waals surface area contributed by atoms with Gasteiger partial charge in [0.2, 0.25) is 5.91 Å². The van der Waals surface area contributed by atoms with Gasteiger partial charge in [-0.05, 0) is 67.1 Å². The maximum Gasteiger partial charge on any atom is 0.416 e. The van der Waals surface area contributed by atoms with Gasteiger partial charge in [0.05, 0.1) is 18.7 Å². The standard InChI is InChI=1S/C26H26F3N3O3/c1-2-3-14-35-23-12-10-20(11-13-23)31-24(33)17-30-21-8-4-6-18(15-21)25(34)32-22-9-5-7-19(16-22)26(27,28)29/h4-13,15-16,30H,2-3,14,17H2,1H3,(H,31,33)(H,32,34). The van der Waals surface area contributed by atoms with Gasteiger partial charge in [0.15, 0.2) is 0 Å². The second-order valence-corrected chi connectivity index (χ2v) is 7.74. The summed E-state index contributed by atoms with van der Waals surface area (Å²) >= 11 is 0. The van der Waals surface area contributed by atoms with Gasteiger partial charge >= 0.3 is 6.18 Å². The Bertz CT molecular complexity index is 1150. The third-order valence-corrected chi connectivity index (χ3v) is 4.93. The SMILES string of the molecule is CCCCOc1ccc(NC(=O)CNc2cccc(C(=O)Nc3cccc(C(F)(F)F)c3)c2)cc1. The molecule has 2 amide bonds. The minimum atomic E-state index is -4.50. The van der Waals surface area contributed by atoms with Crippen molar-refractivity contribution in [3.63, 3.8) is 0 Å². The Balaban J connectivity index is 1.53.